The first kappa shape index (κ1) is 19.5. The molecule has 0 saturated carbocycles. The Morgan fingerprint density at radius 1 is 0.897 bits per heavy atom. The minimum absolute atomic E-state index is 0.170. The van der Waals surface area contributed by atoms with Crippen LogP contribution in [0.2, 0.25) is 0 Å². The molecule has 2 aromatic carbocycles. The highest BCUT2D eigenvalue weighted by atomic mass is 19.3. The number of anilines is 2. The molecule has 0 aliphatic carbocycles. The molecule has 1 aliphatic heterocycles. The fraction of sp³-hybridized carbons (Fsp3) is 0.364. The molecular formula is C22H25F2N5. The van der Waals surface area contributed by atoms with E-state index in [9.17, 15) is 8.78 Å². The van der Waals surface area contributed by atoms with Gasteiger partial charge in [-0.25, -0.2) is 13.8 Å². The highest BCUT2D eigenvalue weighted by Crippen LogP contribution is 2.24. The van der Waals surface area contributed by atoms with Gasteiger partial charge in [0.1, 0.15) is 5.82 Å². The Morgan fingerprint density at radius 3 is 2.52 bits per heavy atom. The van der Waals surface area contributed by atoms with Crippen LogP contribution in [0.3, 0.4) is 0 Å². The van der Waals surface area contributed by atoms with Crippen LogP contribution in [-0.4, -0.2) is 54.0 Å². The molecule has 3 aromatic rings. The van der Waals surface area contributed by atoms with Gasteiger partial charge >= 0.3 is 0 Å². The van der Waals surface area contributed by atoms with Gasteiger partial charge in [0.15, 0.2) is 0 Å². The summed E-state index contributed by atoms with van der Waals surface area (Å²) in [5, 5.41) is 4.42. The highest BCUT2D eigenvalue weighted by molar-refractivity contribution is 5.90. The molecule has 7 heteroatoms. The molecule has 1 fully saturated rings. The van der Waals surface area contributed by atoms with Crippen molar-refractivity contribution in [2.75, 3.05) is 42.9 Å². The average Bonchev–Trinajstić information content (AvgIpc) is 2.97. The van der Waals surface area contributed by atoms with Gasteiger partial charge in [-0.05, 0) is 24.1 Å². The van der Waals surface area contributed by atoms with E-state index in [1.807, 2.05) is 47.4 Å². The molecule has 1 saturated heterocycles. The number of aromatic nitrogens is 2. The third kappa shape index (κ3) is 4.98. The van der Waals surface area contributed by atoms with Gasteiger partial charge in [0, 0.05) is 38.1 Å². The molecule has 1 aliphatic rings. The van der Waals surface area contributed by atoms with Crippen LogP contribution in [0.15, 0.2) is 54.6 Å². The maximum Gasteiger partial charge on any atom is 0.251 e. The summed E-state index contributed by atoms with van der Waals surface area (Å²) in [5.41, 5.74) is 2.05. The molecule has 0 amide bonds. The molecule has 2 heterocycles. The maximum absolute atomic E-state index is 12.7. The van der Waals surface area contributed by atoms with E-state index in [2.05, 4.69) is 22.3 Å². The van der Waals surface area contributed by atoms with Crippen LogP contribution >= 0.6 is 0 Å². The van der Waals surface area contributed by atoms with E-state index in [0.29, 0.717) is 32.1 Å². The number of hydrogen-bond donors (Lipinski definition) is 1. The Labute approximate surface area is 169 Å². The smallest absolute Gasteiger partial charge is 0.251 e. The molecule has 0 radical (unpaired) electrons. The van der Waals surface area contributed by atoms with Gasteiger partial charge in [-0.1, -0.05) is 42.5 Å². The first-order valence-electron chi connectivity index (χ1n) is 9.99. The van der Waals surface area contributed by atoms with Crippen LogP contribution in [0.4, 0.5) is 20.5 Å². The summed E-state index contributed by atoms with van der Waals surface area (Å²) in [4.78, 5) is 13.5. The zero-order valence-electron chi connectivity index (χ0n) is 16.3. The van der Waals surface area contributed by atoms with Crippen molar-refractivity contribution >= 4 is 22.7 Å². The molecule has 152 valence electrons. The zero-order chi connectivity index (χ0) is 20.1. The van der Waals surface area contributed by atoms with Gasteiger partial charge in [-0.15, -0.1) is 0 Å². The number of nitrogens with one attached hydrogen (secondary N) is 1. The average molecular weight is 397 g/mol. The van der Waals surface area contributed by atoms with E-state index in [1.54, 1.807) is 0 Å². The molecule has 1 N–H and O–H groups in total. The number of hydrogen-bond acceptors (Lipinski definition) is 5. The number of nitrogens with zero attached hydrogens (tertiary/aromatic N) is 4. The van der Waals surface area contributed by atoms with Gasteiger partial charge < -0.3 is 10.2 Å². The first-order chi connectivity index (χ1) is 14.2. The van der Waals surface area contributed by atoms with Crippen molar-refractivity contribution in [3.63, 3.8) is 0 Å². The van der Waals surface area contributed by atoms with Crippen LogP contribution in [0.5, 0.6) is 0 Å². The van der Waals surface area contributed by atoms with E-state index in [-0.39, 0.29) is 6.54 Å². The molecule has 5 nitrogen and oxygen atoms in total. The molecular weight excluding hydrogens is 372 g/mol. The summed E-state index contributed by atoms with van der Waals surface area (Å²) < 4.78 is 25.5. The van der Waals surface area contributed by atoms with Crippen molar-refractivity contribution in [3.05, 3.63) is 60.2 Å². The molecule has 0 spiro atoms. The molecule has 4 rings (SSSR count). The third-order valence-corrected chi connectivity index (χ3v) is 5.16. The number of benzene rings is 2. The van der Waals surface area contributed by atoms with Gasteiger partial charge in [0.05, 0.1) is 12.1 Å². The van der Waals surface area contributed by atoms with E-state index >= 15 is 0 Å². The number of halogens is 2. The lowest BCUT2D eigenvalue weighted by molar-refractivity contribution is 0.0917. The fourth-order valence-electron chi connectivity index (χ4n) is 3.67. The van der Waals surface area contributed by atoms with Crippen molar-refractivity contribution < 1.29 is 8.78 Å². The van der Waals surface area contributed by atoms with E-state index in [0.717, 1.165) is 29.7 Å². The van der Waals surface area contributed by atoms with Crippen LogP contribution in [0.1, 0.15) is 12.0 Å². The second-order valence-electron chi connectivity index (χ2n) is 7.26. The van der Waals surface area contributed by atoms with Crippen molar-refractivity contribution in [2.45, 2.75) is 19.4 Å². The normalized spacial score (nSPS) is 15.6. The van der Waals surface area contributed by atoms with E-state index in [1.165, 1.54) is 5.56 Å². The Kier molecular flexibility index (Phi) is 6.14. The second kappa shape index (κ2) is 9.13. The van der Waals surface area contributed by atoms with Crippen LogP contribution in [0.25, 0.3) is 10.9 Å². The lowest BCUT2D eigenvalue weighted by atomic mass is 10.2. The third-order valence-electron chi connectivity index (χ3n) is 5.16. The predicted octanol–water partition coefficient (Wildman–Crippen LogP) is 4.02. The lowest BCUT2D eigenvalue weighted by Crippen LogP contribution is -2.34. The minimum Gasteiger partial charge on any atom is -0.365 e. The van der Waals surface area contributed by atoms with Gasteiger partial charge in [0.25, 0.3) is 6.43 Å². The maximum atomic E-state index is 12.7. The summed E-state index contributed by atoms with van der Waals surface area (Å²) in [6.45, 7) is 3.17. The van der Waals surface area contributed by atoms with Crippen LogP contribution < -0.4 is 10.2 Å². The summed E-state index contributed by atoms with van der Waals surface area (Å²) in [5.74, 6) is 1.45. The van der Waals surface area contributed by atoms with Gasteiger partial charge in [0.2, 0.25) is 5.95 Å². The number of rotatable bonds is 6. The molecule has 29 heavy (non-hydrogen) atoms. The van der Waals surface area contributed by atoms with Crippen LogP contribution in [0, 0.1) is 0 Å². The van der Waals surface area contributed by atoms with Crippen molar-refractivity contribution in [1.82, 2.24) is 14.9 Å². The van der Waals surface area contributed by atoms with Gasteiger partial charge in [-0.2, -0.15) is 4.98 Å². The lowest BCUT2D eigenvalue weighted by Gasteiger charge is -2.22. The van der Waals surface area contributed by atoms with Crippen molar-refractivity contribution in [1.29, 1.82) is 0 Å². The predicted molar refractivity (Wildman–Crippen MR) is 113 cm³/mol. The first-order valence-corrected chi connectivity index (χ1v) is 9.99. The summed E-state index contributed by atoms with van der Waals surface area (Å²) in [6, 6.07) is 18.1. The van der Waals surface area contributed by atoms with Crippen molar-refractivity contribution in [2.24, 2.45) is 0 Å². The Morgan fingerprint density at radius 2 is 1.69 bits per heavy atom. The summed E-state index contributed by atoms with van der Waals surface area (Å²) in [6.07, 6.45) is -1.48. The monoisotopic (exact) mass is 397 g/mol. The quantitative estimate of drug-likeness (QED) is 0.681. The zero-order valence-corrected chi connectivity index (χ0v) is 16.3. The Balaban J connectivity index is 1.56. The standard InChI is InChI=1S/C22H25F2N5/c23-20(24)16-28-11-6-12-29(14-13-28)22-26-19-10-5-4-9-18(19)21(27-22)25-15-17-7-2-1-3-8-17/h1-5,7-10,20H,6,11-16H2,(H,25,26,27). The van der Waals surface area contributed by atoms with E-state index in [4.69, 9.17) is 9.97 Å². The largest absolute Gasteiger partial charge is 0.365 e. The van der Waals surface area contributed by atoms with Crippen molar-refractivity contribution in [3.8, 4) is 0 Å². The Hall–Kier alpha value is -2.80. The van der Waals surface area contributed by atoms with Gasteiger partial charge in [-0.3, -0.25) is 4.90 Å². The summed E-state index contributed by atoms with van der Waals surface area (Å²) in [7, 11) is 0. The highest BCUT2D eigenvalue weighted by Gasteiger charge is 2.20. The Bertz CT molecular complexity index is 935. The molecule has 0 atom stereocenters. The minimum atomic E-state index is -2.30. The second-order valence-corrected chi connectivity index (χ2v) is 7.26. The summed E-state index contributed by atoms with van der Waals surface area (Å²) >= 11 is 0. The number of alkyl halides is 2. The molecule has 0 unspecified atom stereocenters. The number of fused-ring (bicyclic) bond motifs is 1. The molecule has 0 bridgehead atoms. The fourth-order valence-corrected chi connectivity index (χ4v) is 3.67. The SMILES string of the molecule is FC(F)CN1CCCN(c2nc(NCc3ccccc3)c3ccccc3n2)CC1. The van der Waals surface area contributed by atoms with Crippen LogP contribution in [-0.2, 0) is 6.54 Å². The topological polar surface area (TPSA) is 44.3 Å². The molecule has 1 aromatic heterocycles. The van der Waals surface area contributed by atoms with E-state index < -0.39 is 6.43 Å². The number of para-hydroxylation sites is 1.